The minimum atomic E-state index is -0.574. The van der Waals surface area contributed by atoms with Crippen LogP contribution in [0, 0.1) is 11.6 Å². The quantitative estimate of drug-likeness (QED) is 0.894. The zero-order chi connectivity index (χ0) is 13.8. The average molecular weight is 263 g/mol. The smallest absolute Gasteiger partial charge is 0.131 e. The summed E-state index contributed by atoms with van der Waals surface area (Å²) in [6.07, 6.45) is 0. The second-order valence-corrected chi connectivity index (χ2v) is 4.26. The van der Waals surface area contributed by atoms with Crippen molar-refractivity contribution in [1.82, 2.24) is 0 Å². The van der Waals surface area contributed by atoms with Crippen LogP contribution in [-0.4, -0.2) is 7.11 Å². The number of hydrogen-bond acceptors (Lipinski definition) is 2. The third-order valence-corrected chi connectivity index (χ3v) is 2.88. The van der Waals surface area contributed by atoms with E-state index in [1.54, 1.807) is 7.11 Å². The first kappa shape index (κ1) is 13.3. The van der Waals surface area contributed by atoms with E-state index in [1.807, 2.05) is 31.2 Å². The van der Waals surface area contributed by atoms with Crippen molar-refractivity contribution in [3.63, 3.8) is 0 Å². The Bertz CT molecular complexity index is 572. The lowest BCUT2D eigenvalue weighted by Crippen LogP contribution is -2.08. The number of rotatable bonds is 4. The molecule has 0 aromatic heterocycles. The second-order valence-electron chi connectivity index (χ2n) is 4.26. The fraction of sp³-hybridized carbons (Fsp3) is 0.200. The molecule has 2 aromatic carbocycles. The Kier molecular flexibility index (Phi) is 4.00. The first-order chi connectivity index (χ1) is 9.10. The van der Waals surface area contributed by atoms with Crippen molar-refractivity contribution in [3.8, 4) is 5.75 Å². The fourth-order valence-electron chi connectivity index (χ4n) is 1.89. The number of methoxy groups -OCH3 is 1. The van der Waals surface area contributed by atoms with Crippen LogP contribution in [-0.2, 0) is 0 Å². The molecule has 1 atom stereocenters. The number of anilines is 1. The predicted molar refractivity (Wildman–Crippen MR) is 71.4 cm³/mol. The Morgan fingerprint density at radius 3 is 2.58 bits per heavy atom. The zero-order valence-electron chi connectivity index (χ0n) is 10.8. The van der Waals surface area contributed by atoms with Gasteiger partial charge in [-0.15, -0.1) is 0 Å². The van der Waals surface area contributed by atoms with Crippen LogP contribution < -0.4 is 10.1 Å². The molecule has 0 bridgehead atoms. The lowest BCUT2D eigenvalue weighted by Gasteiger charge is -2.17. The van der Waals surface area contributed by atoms with Gasteiger partial charge in [-0.05, 0) is 25.1 Å². The van der Waals surface area contributed by atoms with Crippen molar-refractivity contribution >= 4 is 5.69 Å². The molecule has 0 aliphatic heterocycles. The molecule has 0 fully saturated rings. The van der Waals surface area contributed by atoms with Gasteiger partial charge in [-0.1, -0.05) is 12.1 Å². The highest BCUT2D eigenvalue weighted by molar-refractivity contribution is 5.49. The molecule has 2 rings (SSSR count). The normalized spacial score (nSPS) is 12.0. The first-order valence-electron chi connectivity index (χ1n) is 5.95. The Morgan fingerprint density at radius 2 is 1.89 bits per heavy atom. The molecular weight excluding hydrogens is 248 g/mol. The summed E-state index contributed by atoms with van der Waals surface area (Å²) in [5.74, 6) is -0.408. The lowest BCUT2D eigenvalue weighted by atomic mass is 10.1. The van der Waals surface area contributed by atoms with Crippen LogP contribution in [0.3, 0.4) is 0 Å². The van der Waals surface area contributed by atoms with E-state index >= 15 is 0 Å². The number of halogens is 2. The van der Waals surface area contributed by atoms with Gasteiger partial charge in [0.15, 0.2) is 0 Å². The molecule has 0 aliphatic rings. The van der Waals surface area contributed by atoms with E-state index in [1.165, 1.54) is 12.1 Å². The van der Waals surface area contributed by atoms with E-state index in [9.17, 15) is 8.78 Å². The standard InChI is InChI=1S/C15H15F2NO/c1-10(14-7-6-11(16)8-15(14)17)18-12-4-3-5-13(9-12)19-2/h3-10,18H,1-2H3. The van der Waals surface area contributed by atoms with Crippen LogP contribution in [0.25, 0.3) is 0 Å². The van der Waals surface area contributed by atoms with Crippen LogP contribution in [0.5, 0.6) is 5.75 Å². The van der Waals surface area contributed by atoms with Crippen LogP contribution >= 0.6 is 0 Å². The lowest BCUT2D eigenvalue weighted by molar-refractivity contribution is 0.415. The molecule has 0 aliphatic carbocycles. The third kappa shape index (κ3) is 3.22. The van der Waals surface area contributed by atoms with Gasteiger partial charge in [0.05, 0.1) is 13.2 Å². The van der Waals surface area contributed by atoms with Crippen LogP contribution in [0.15, 0.2) is 42.5 Å². The fourth-order valence-corrected chi connectivity index (χ4v) is 1.89. The maximum atomic E-state index is 13.6. The summed E-state index contributed by atoms with van der Waals surface area (Å²) < 4.78 is 31.6. The number of ether oxygens (including phenoxy) is 1. The van der Waals surface area contributed by atoms with E-state index in [0.717, 1.165) is 17.5 Å². The zero-order valence-corrected chi connectivity index (χ0v) is 10.8. The van der Waals surface area contributed by atoms with Gasteiger partial charge in [0, 0.05) is 23.4 Å². The van der Waals surface area contributed by atoms with Crippen LogP contribution in [0.2, 0.25) is 0 Å². The van der Waals surface area contributed by atoms with E-state index in [2.05, 4.69) is 5.32 Å². The summed E-state index contributed by atoms with van der Waals surface area (Å²) in [6, 6.07) is 10.7. The van der Waals surface area contributed by atoms with Crippen molar-refractivity contribution in [1.29, 1.82) is 0 Å². The second kappa shape index (κ2) is 5.69. The summed E-state index contributed by atoms with van der Waals surface area (Å²) in [5.41, 5.74) is 1.24. The minimum absolute atomic E-state index is 0.271. The van der Waals surface area contributed by atoms with Gasteiger partial charge in [-0.25, -0.2) is 8.78 Å². The Balaban J connectivity index is 2.17. The van der Waals surface area contributed by atoms with Gasteiger partial charge < -0.3 is 10.1 Å². The Hall–Kier alpha value is -2.10. The van der Waals surface area contributed by atoms with Crippen LogP contribution in [0.4, 0.5) is 14.5 Å². The minimum Gasteiger partial charge on any atom is -0.497 e. The maximum absolute atomic E-state index is 13.6. The molecule has 0 heterocycles. The highest BCUT2D eigenvalue weighted by Crippen LogP contribution is 2.24. The third-order valence-electron chi connectivity index (χ3n) is 2.88. The molecule has 1 N–H and O–H groups in total. The topological polar surface area (TPSA) is 21.3 Å². The Labute approximate surface area is 111 Å². The number of hydrogen-bond donors (Lipinski definition) is 1. The van der Waals surface area contributed by atoms with Gasteiger partial charge in [0.1, 0.15) is 17.4 Å². The summed E-state index contributed by atoms with van der Waals surface area (Å²) in [5, 5.41) is 3.15. The average Bonchev–Trinajstić information content (AvgIpc) is 2.38. The summed E-state index contributed by atoms with van der Waals surface area (Å²) in [7, 11) is 1.59. The summed E-state index contributed by atoms with van der Waals surface area (Å²) in [6.45, 7) is 1.82. The molecule has 2 aromatic rings. The molecule has 0 amide bonds. The van der Waals surface area contributed by atoms with Gasteiger partial charge in [-0.3, -0.25) is 0 Å². The van der Waals surface area contributed by atoms with Crippen molar-refractivity contribution in [2.24, 2.45) is 0 Å². The molecule has 4 heteroatoms. The summed E-state index contributed by atoms with van der Waals surface area (Å²) >= 11 is 0. The van der Waals surface area contributed by atoms with Gasteiger partial charge >= 0.3 is 0 Å². The SMILES string of the molecule is COc1cccc(NC(C)c2ccc(F)cc2F)c1. The van der Waals surface area contributed by atoms with Crippen LogP contribution in [0.1, 0.15) is 18.5 Å². The summed E-state index contributed by atoms with van der Waals surface area (Å²) in [4.78, 5) is 0. The maximum Gasteiger partial charge on any atom is 0.131 e. The number of benzene rings is 2. The molecule has 0 radical (unpaired) electrons. The first-order valence-corrected chi connectivity index (χ1v) is 5.95. The van der Waals surface area contributed by atoms with Crippen molar-refractivity contribution < 1.29 is 13.5 Å². The predicted octanol–water partition coefficient (Wildman–Crippen LogP) is 4.15. The van der Waals surface area contributed by atoms with E-state index in [4.69, 9.17) is 4.74 Å². The molecule has 0 saturated carbocycles. The van der Waals surface area contributed by atoms with Crippen molar-refractivity contribution in [2.45, 2.75) is 13.0 Å². The van der Waals surface area contributed by atoms with Crippen molar-refractivity contribution in [3.05, 3.63) is 59.7 Å². The molecular formula is C15H15F2NO. The van der Waals surface area contributed by atoms with Gasteiger partial charge in [0.25, 0.3) is 0 Å². The molecule has 0 saturated heterocycles. The number of nitrogens with one attached hydrogen (secondary N) is 1. The molecule has 19 heavy (non-hydrogen) atoms. The van der Waals surface area contributed by atoms with Crippen molar-refractivity contribution in [2.75, 3.05) is 12.4 Å². The largest absolute Gasteiger partial charge is 0.497 e. The molecule has 2 nitrogen and oxygen atoms in total. The molecule has 100 valence electrons. The van der Waals surface area contributed by atoms with Gasteiger partial charge in [0.2, 0.25) is 0 Å². The van der Waals surface area contributed by atoms with E-state index < -0.39 is 11.6 Å². The van der Waals surface area contributed by atoms with E-state index in [0.29, 0.717) is 5.56 Å². The van der Waals surface area contributed by atoms with Gasteiger partial charge in [-0.2, -0.15) is 0 Å². The highest BCUT2D eigenvalue weighted by atomic mass is 19.1. The monoisotopic (exact) mass is 263 g/mol. The molecule has 0 spiro atoms. The molecule has 1 unspecified atom stereocenters. The Morgan fingerprint density at radius 1 is 1.11 bits per heavy atom. The highest BCUT2D eigenvalue weighted by Gasteiger charge is 2.11. The van der Waals surface area contributed by atoms with E-state index in [-0.39, 0.29) is 6.04 Å².